The second-order valence-corrected chi connectivity index (χ2v) is 7.99. The van der Waals surface area contributed by atoms with E-state index >= 15 is 0 Å². The van der Waals surface area contributed by atoms with Crippen molar-refractivity contribution in [3.05, 3.63) is 12.7 Å². The minimum Gasteiger partial charge on any atom is -0.393 e. The maximum Gasteiger partial charge on any atom is 0.0638 e. The fraction of sp³-hybridized carbons (Fsp3) is 0.833. The molecule has 0 aromatic heterocycles. The van der Waals surface area contributed by atoms with Gasteiger partial charge < -0.3 is 5.11 Å². The fourth-order valence-electron chi connectivity index (χ4n) is 2.56. The molecule has 0 radical (unpaired) electrons. The highest BCUT2D eigenvalue weighted by atomic mass is 32.2. The highest BCUT2D eigenvalue weighted by Gasteiger charge is 2.41. The van der Waals surface area contributed by atoms with E-state index in [0.29, 0.717) is 9.33 Å². The highest BCUT2D eigenvalue weighted by Crippen LogP contribution is 2.54. The summed E-state index contributed by atoms with van der Waals surface area (Å²) in [6.07, 6.45) is 8.90. The van der Waals surface area contributed by atoms with Gasteiger partial charge in [-0.1, -0.05) is 12.5 Å². The van der Waals surface area contributed by atoms with Crippen molar-refractivity contribution in [2.24, 2.45) is 0 Å². The largest absolute Gasteiger partial charge is 0.393 e. The Labute approximate surface area is 101 Å². The first-order valence-electron chi connectivity index (χ1n) is 5.85. The average Bonchev–Trinajstić information content (AvgIpc) is 2.17. The van der Waals surface area contributed by atoms with Crippen molar-refractivity contribution < 1.29 is 5.11 Å². The molecule has 0 amide bonds. The zero-order valence-electron chi connectivity index (χ0n) is 9.15. The van der Waals surface area contributed by atoms with Gasteiger partial charge >= 0.3 is 0 Å². The molecule has 2 aliphatic heterocycles. The fourth-order valence-corrected chi connectivity index (χ4v) is 6.52. The first-order valence-corrected chi connectivity index (χ1v) is 7.71. The van der Waals surface area contributed by atoms with Crippen LogP contribution in [0.4, 0.5) is 0 Å². The number of aliphatic hydroxyl groups is 1. The number of rotatable bonds is 2. The van der Waals surface area contributed by atoms with Crippen molar-refractivity contribution in [3.8, 4) is 0 Å². The van der Waals surface area contributed by atoms with Crippen molar-refractivity contribution in [2.75, 3.05) is 5.75 Å². The molecule has 15 heavy (non-hydrogen) atoms. The first kappa shape index (κ1) is 11.9. The summed E-state index contributed by atoms with van der Waals surface area (Å²) in [4.78, 5) is 0. The van der Waals surface area contributed by atoms with Gasteiger partial charge in [-0.15, -0.1) is 30.1 Å². The van der Waals surface area contributed by atoms with Crippen LogP contribution in [0.3, 0.4) is 0 Å². The molecule has 3 atom stereocenters. The Morgan fingerprint density at radius 3 is 3.00 bits per heavy atom. The van der Waals surface area contributed by atoms with Crippen LogP contribution in [0, 0.1) is 0 Å². The quantitative estimate of drug-likeness (QED) is 0.752. The van der Waals surface area contributed by atoms with Gasteiger partial charge in [0.05, 0.1) is 10.2 Å². The Kier molecular flexibility index (Phi) is 4.08. The lowest BCUT2D eigenvalue weighted by Crippen LogP contribution is -2.38. The molecule has 1 nitrogen and oxygen atoms in total. The summed E-state index contributed by atoms with van der Waals surface area (Å²) >= 11 is 4.20. The lowest BCUT2D eigenvalue weighted by molar-refractivity contribution is 0.142. The van der Waals surface area contributed by atoms with Crippen LogP contribution in [-0.2, 0) is 0 Å². The molecule has 1 spiro atoms. The molecule has 0 bridgehead atoms. The summed E-state index contributed by atoms with van der Waals surface area (Å²) in [6, 6.07) is 0. The van der Waals surface area contributed by atoms with Crippen LogP contribution >= 0.6 is 23.5 Å². The van der Waals surface area contributed by atoms with Crippen LogP contribution < -0.4 is 0 Å². The Bertz CT molecular complexity index is 224. The Morgan fingerprint density at radius 2 is 2.33 bits per heavy atom. The SMILES string of the molecule is C=CC[C@@H]1C[C@H](O)C[C@]2(CCCCS2)S1. The molecule has 86 valence electrons. The van der Waals surface area contributed by atoms with Crippen LogP contribution in [-0.4, -0.2) is 26.3 Å². The zero-order valence-corrected chi connectivity index (χ0v) is 10.8. The third-order valence-corrected chi connectivity index (χ3v) is 6.76. The molecule has 2 fully saturated rings. The van der Waals surface area contributed by atoms with E-state index in [1.54, 1.807) is 0 Å². The molecule has 0 aromatic carbocycles. The second kappa shape index (κ2) is 5.15. The molecule has 0 aliphatic carbocycles. The number of thioether (sulfide) groups is 2. The lowest BCUT2D eigenvalue weighted by atomic mass is 10.0. The average molecular weight is 244 g/mol. The molecule has 2 heterocycles. The van der Waals surface area contributed by atoms with E-state index in [4.69, 9.17) is 0 Å². The summed E-state index contributed by atoms with van der Waals surface area (Å²) < 4.78 is 0.337. The van der Waals surface area contributed by atoms with Crippen molar-refractivity contribution in [3.63, 3.8) is 0 Å². The van der Waals surface area contributed by atoms with Gasteiger partial charge in [-0.25, -0.2) is 0 Å². The maximum absolute atomic E-state index is 9.96. The van der Waals surface area contributed by atoms with Crippen molar-refractivity contribution in [1.29, 1.82) is 0 Å². The van der Waals surface area contributed by atoms with Gasteiger partial charge in [-0.3, -0.25) is 0 Å². The third kappa shape index (κ3) is 2.95. The summed E-state index contributed by atoms with van der Waals surface area (Å²) in [5, 5.41) is 10.6. The number of allylic oxidation sites excluding steroid dienone is 1. The van der Waals surface area contributed by atoms with Crippen LogP contribution in [0.2, 0.25) is 0 Å². The number of hydrogen-bond acceptors (Lipinski definition) is 3. The molecule has 1 N–H and O–H groups in total. The number of aliphatic hydroxyl groups excluding tert-OH is 1. The Hall–Kier alpha value is 0.400. The third-order valence-electron chi connectivity index (χ3n) is 3.21. The standard InChI is InChI=1S/C12H20OS2/c1-2-5-11-8-10(13)9-12(15-11)6-3-4-7-14-12/h2,10-11,13H,1,3-9H2/t10-,11+,12-/m0/s1. The van der Waals surface area contributed by atoms with Crippen LogP contribution in [0.15, 0.2) is 12.7 Å². The van der Waals surface area contributed by atoms with Crippen LogP contribution in [0.5, 0.6) is 0 Å². The molecule has 3 heteroatoms. The van der Waals surface area contributed by atoms with Gasteiger partial charge in [-0.2, -0.15) is 0 Å². The van der Waals surface area contributed by atoms with E-state index < -0.39 is 0 Å². The van der Waals surface area contributed by atoms with Gasteiger partial charge in [0.1, 0.15) is 0 Å². The van der Waals surface area contributed by atoms with E-state index in [-0.39, 0.29) is 6.10 Å². The second-order valence-electron chi connectivity index (χ2n) is 4.57. The van der Waals surface area contributed by atoms with Gasteiger partial charge in [0.15, 0.2) is 0 Å². The molecule has 0 unspecified atom stereocenters. The maximum atomic E-state index is 9.96. The Balaban J connectivity index is 2.01. The summed E-state index contributed by atoms with van der Waals surface area (Å²) in [5.41, 5.74) is 0. The van der Waals surface area contributed by atoms with Crippen molar-refractivity contribution in [1.82, 2.24) is 0 Å². The van der Waals surface area contributed by atoms with E-state index in [0.717, 1.165) is 19.3 Å². The minimum atomic E-state index is -0.0817. The summed E-state index contributed by atoms with van der Waals surface area (Å²) in [7, 11) is 0. The van der Waals surface area contributed by atoms with Crippen molar-refractivity contribution in [2.45, 2.75) is 54.0 Å². The van der Waals surface area contributed by atoms with Gasteiger partial charge in [-0.05, 0) is 37.9 Å². The normalized spacial score (nSPS) is 41.7. The van der Waals surface area contributed by atoms with E-state index in [1.807, 2.05) is 6.08 Å². The van der Waals surface area contributed by atoms with Gasteiger partial charge in [0, 0.05) is 5.25 Å². The van der Waals surface area contributed by atoms with E-state index in [1.165, 1.54) is 25.0 Å². The van der Waals surface area contributed by atoms with E-state index in [2.05, 4.69) is 30.1 Å². The summed E-state index contributed by atoms with van der Waals surface area (Å²) in [5.74, 6) is 1.28. The molecule has 0 saturated carbocycles. The molecule has 0 aromatic rings. The molecule has 2 saturated heterocycles. The first-order chi connectivity index (χ1) is 7.24. The van der Waals surface area contributed by atoms with Crippen LogP contribution in [0.25, 0.3) is 0 Å². The zero-order chi connectivity index (χ0) is 10.7. The smallest absolute Gasteiger partial charge is 0.0638 e. The topological polar surface area (TPSA) is 20.2 Å². The van der Waals surface area contributed by atoms with Gasteiger partial charge in [0.25, 0.3) is 0 Å². The lowest BCUT2D eigenvalue weighted by Gasteiger charge is -2.44. The predicted molar refractivity (Wildman–Crippen MR) is 70.5 cm³/mol. The molecular formula is C12H20OS2. The highest BCUT2D eigenvalue weighted by molar-refractivity contribution is 8.18. The summed E-state index contributed by atoms with van der Waals surface area (Å²) in [6.45, 7) is 3.81. The van der Waals surface area contributed by atoms with Gasteiger partial charge in [0.2, 0.25) is 0 Å². The monoisotopic (exact) mass is 244 g/mol. The molecule has 2 rings (SSSR count). The molecule has 2 aliphatic rings. The van der Waals surface area contributed by atoms with Crippen LogP contribution in [0.1, 0.15) is 38.5 Å². The minimum absolute atomic E-state index is 0.0817. The predicted octanol–water partition coefficient (Wildman–Crippen LogP) is 3.43. The number of hydrogen-bond donors (Lipinski definition) is 1. The van der Waals surface area contributed by atoms with E-state index in [9.17, 15) is 5.11 Å². The Morgan fingerprint density at radius 1 is 1.47 bits per heavy atom. The van der Waals surface area contributed by atoms with Crippen molar-refractivity contribution >= 4 is 23.5 Å². The molecular weight excluding hydrogens is 224 g/mol.